The highest BCUT2D eigenvalue weighted by Gasteiger charge is 2.32. The Bertz CT molecular complexity index is 1070. The summed E-state index contributed by atoms with van der Waals surface area (Å²) >= 11 is 0. The minimum atomic E-state index is -0.0695. The van der Waals surface area contributed by atoms with Crippen molar-refractivity contribution >= 4 is 11.7 Å². The van der Waals surface area contributed by atoms with Crippen LogP contribution in [-0.2, 0) is 19.5 Å². The van der Waals surface area contributed by atoms with Crippen molar-refractivity contribution in [2.75, 3.05) is 25.5 Å². The van der Waals surface area contributed by atoms with E-state index in [2.05, 4.69) is 25.9 Å². The summed E-state index contributed by atoms with van der Waals surface area (Å²) in [5.74, 6) is 0. The van der Waals surface area contributed by atoms with Gasteiger partial charge in [0.2, 0.25) is 0 Å². The Balaban J connectivity index is 1.76. The highest BCUT2D eigenvalue weighted by atomic mass is 16.2. The molecule has 1 aromatic carbocycles. The number of H-pyrrole nitrogens is 1. The first-order valence-corrected chi connectivity index (χ1v) is 10.2. The molecule has 8 nitrogen and oxygen atoms in total. The predicted molar refractivity (Wildman–Crippen MR) is 117 cm³/mol. The summed E-state index contributed by atoms with van der Waals surface area (Å²) in [5, 5.41) is 9.42. The average Bonchev–Trinajstić information content (AvgIpc) is 3.24. The van der Waals surface area contributed by atoms with Crippen molar-refractivity contribution in [3.8, 4) is 6.07 Å². The van der Waals surface area contributed by atoms with E-state index in [9.17, 15) is 10.1 Å². The van der Waals surface area contributed by atoms with E-state index in [1.807, 2.05) is 47.6 Å². The molecule has 0 fully saturated rings. The van der Waals surface area contributed by atoms with Gasteiger partial charge in [0, 0.05) is 51.5 Å². The molecular formula is C23H25N7O. The summed E-state index contributed by atoms with van der Waals surface area (Å²) in [6.07, 6.45) is 7.77. The second kappa shape index (κ2) is 8.88. The summed E-state index contributed by atoms with van der Waals surface area (Å²) in [6, 6.07) is 11.8. The Kier molecular flexibility index (Phi) is 5.85. The number of aromatic nitrogens is 3. The topological polar surface area (TPSA) is 92.2 Å². The van der Waals surface area contributed by atoms with Crippen molar-refractivity contribution in [2.45, 2.75) is 25.6 Å². The molecule has 4 rings (SSSR count). The van der Waals surface area contributed by atoms with Gasteiger partial charge < -0.3 is 19.7 Å². The third-order valence-corrected chi connectivity index (χ3v) is 5.50. The molecule has 0 spiro atoms. The van der Waals surface area contributed by atoms with Crippen molar-refractivity contribution in [1.82, 2.24) is 24.8 Å². The summed E-state index contributed by atoms with van der Waals surface area (Å²) in [4.78, 5) is 30.5. The second-order valence-corrected chi connectivity index (χ2v) is 7.94. The Hall–Kier alpha value is -3.86. The molecule has 1 aliphatic heterocycles. The first-order chi connectivity index (χ1) is 15.0. The summed E-state index contributed by atoms with van der Waals surface area (Å²) in [6.45, 7) is 1.71. The number of urea groups is 1. The molecule has 0 saturated carbocycles. The molecule has 2 aromatic heterocycles. The van der Waals surface area contributed by atoms with Gasteiger partial charge in [0.1, 0.15) is 0 Å². The van der Waals surface area contributed by atoms with Crippen LogP contribution in [0.25, 0.3) is 0 Å². The largest absolute Gasteiger partial charge is 0.363 e. The quantitative estimate of drug-likeness (QED) is 0.707. The maximum absolute atomic E-state index is 13.2. The summed E-state index contributed by atoms with van der Waals surface area (Å²) in [5.41, 5.74) is 4.64. The maximum atomic E-state index is 13.2. The lowest BCUT2D eigenvalue weighted by molar-refractivity contribution is 0.147. The molecule has 1 atom stereocenters. The number of rotatable bonds is 4. The molecule has 2 amide bonds. The van der Waals surface area contributed by atoms with E-state index in [1.165, 1.54) is 0 Å². The number of nitrogens with zero attached hydrogens (tertiary/aromatic N) is 6. The number of hydrogen-bond acceptors (Lipinski definition) is 5. The second-order valence-electron chi connectivity index (χ2n) is 7.94. The predicted octanol–water partition coefficient (Wildman–Crippen LogP) is 2.79. The van der Waals surface area contributed by atoms with Crippen molar-refractivity contribution in [3.05, 3.63) is 77.6 Å². The number of pyridine rings is 1. The minimum Gasteiger partial charge on any atom is -0.363 e. The molecule has 1 aliphatic rings. The zero-order valence-corrected chi connectivity index (χ0v) is 17.7. The minimum absolute atomic E-state index is 0.0504. The van der Waals surface area contributed by atoms with Crippen LogP contribution in [0.5, 0.6) is 0 Å². The molecule has 0 bridgehead atoms. The van der Waals surface area contributed by atoms with Crippen molar-refractivity contribution in [1.29, 1.82) is 5.26 Å². The van der Waals surface area contributed by atoms with Gasteiger partial charge in [-0.2, -0.15) is 5.26 Å². The van der Waals surface area contributed by atoms with Gasteiger partial charge in [-0.1, -0.05) is 6.07 Å². The van der Waals surface area contributed by atoms with Crippen LogP contribution < -0.4 is 4.90 Å². The van der Waals surface area contributed by atoms with E-state index in [0.29, 0.717) is 31.6 Å². The van der Waals surface area contributed by atoms with Gasteiger partial charge in [0.15, 0.2) is 0 Å². The zero-order valence-electron chi connectivity index (χ0n) is 17.7. The lowest BCUT2D eigenvalue weighted by atomic mass is 10.1. The number of imidazole rings is 1. The number of aromatic amines is 1. The van der Waals surface area contributed by atoms with E-state index in [1.54, 1.807) is 31.5 Å². The number of hydrogen-bond donors (Lipinski definition) is 1. The van der Waals surface area contributed by atoms with Crippen LogP contribution >= 0.6 is 0 Å². The van der Waals surface area contributed by atoms with Crippen LogP contribution in [0, 0.1) is 11.3 Å². The normalized spacial score (nSPS) is 15.7. The van der Waals surface area contributed by atoms with E-state index >= 15 is 0 Å². The molecule has 1 unspecified atom stereocenters. The van der Waals surface area contributed by atoms with Gasteiger partial charge in [0.25, 0.3) is 0 Å². The van der Waals surface area contributed by atoms with Crippen LogP contribution in [0.15, 0.2) is 55.2 Å². The molecule has 0 radical (unpaired) electrons. The van der Waals surface area contributed by atoms with Crippen LogP contribution in [0.3, 0.4) is 0 Å². The van der Waals surface area contributed by atoms with Gasteiger partial charge in [-0.05, 0) is 41.8 Å². The van der Waals surface area contributed by atoms with Crippen molar-refractivity contribution in [2.24, 2.45) is 0 Å². The molecule has 1 N–H and O–H groups in total. The van der Waals surface area contributed by atoms with Crippen LogP contribution in [0.1, 0.15) is 22.4 Å². The third-order valence-electron chi connectivity index (χ3n) is 5.50. The fourth-order valence-corrected chi connectivity index (χ4v) is 4.03. The van der Waals surface area contributed by atoms with Gasteiger partial charge in [-0.3, -0.25) is 4.98 Å². The standard InChI is InChI=1S/C23H25N7O/c1-28(2)23(31)30-13-19-8-17(10-24)5-6-22(19)29(14-20-12-26-16-27-20)15-21(30)9-18-4-3-7-25-11-18/h3-8,11-12,16,21H,9,13-15H2,1-2H3,(H,26,27). The van der Waals surface area contributed by atoms with E-state index in [4.69, 9.17) is 0 Å². The Morgan fingerprint density at radius 3 is 2.84 bits per heavy atom. The van der Waals surface area contributed by atoms with E-state index in [-0.39, 0.29) is 12.1 Å². The van der Waals surface area contributed by atoms with Crippen LogP contribution in [-0.4, -0.2) is 57.5 Å². The Labute approximate surface area is 181 Å². The highest BCUT2D eigenvalue weighted by Crippen LogP contribution is 2.31. The molecule has 158 valence electrons. The number of benzene rings is 1. The van der Waals surface area contributed by atoms with Crippen LogP contribution in [0.4, 0.5) is 10.5 Å². The van der Waals surface area contributed by atoms with Gasteiger partial charge in [-0.15, -0.1) is 0 Å². The molecule has 0 aliphatic carbocycles. The van der Waals surface area contributed by atoms with Crippen molar-refractivity contribution < 1.29 is 4.79 Å². The average molecular weight is 416 g/mol. The fraction of sp³-hybridized carbons (Fsp3) is 0.304. The lowest BCUT2D eigenvalue weighted by Gasteiger charge is -2.34. The van der Waals surface area contributed by atoms with Crippen LogP contribution in [0.2, 0.25) is 0 Å². The maximum Gasteiger partial charge on any atom is 0.320 e. The molecular weight excluding hydrogens is 390 g/mol. The van der Waals surface area contributed by atoms with Gasteiger partial charge in [-0.25, -0.2) is 9.78 Å². The number of fused-ring (bicyclic) bond motifs is 1. The number of nitriles is 1. The Morgan fingerprint density at radius 1 is 1.29 bits per heavy atom. The molecule has 8 heteroatoms. The molecule has 0 saturated heterocycles. The number of carbonyl (C=O) groups is 1. The van der Waals surface area contributed by atoms with E-state index < -0.39 is 0 Å². The first kappa shape index (κ1) is 20.4. The zero-order chi connectivity index (χ0) is 21.8. The SMILES string of the molecule is CN(C)C(=O)N1Cc2cc(C#N)ccc2N(Cc2cnc[nH]2)CC1Cc1cccnc1. The first-order valence-electron chi connectivity index (χ1n) is 10.2. The molecule has 31 heavy (non-hydrogen) atoms. The summed E-state index contributed by atoms with van der Waals surface area (Å²) < 4.78 is 0. The van der Waals surface area contributed by atoms with Gasteiger partial charge in [0.05, 0.1) is 36.2 Å². The third kappa shape index (κ3) is 4.51. The Morgan fingerprint density at radius 2 is 2.16 bits per heavy atom. The number of amides is 2. The summed E-state index contributed by atoms with van der Waals surface area (Å²) in [7, 11) is 3.53. The molecule has 3 aromatic rings. The number of carbonyl (C=O) groups excluding carboxylic acids is 1. The lowest BCUT2D eigenvalue weighted by Crippen LogP contribution is -2.49. The number of nitrogens with one attached hydrogen (secondary N) is 1. The van der Waals surface area contributed by atoms with E-state index in [0.717, 1.165) is 22.5 Å². The molecule has 3 heterocycles. The monoisotopic (exact) mass is 415 g/mol. The smallest absolute Gasteiger partial charge is 0.320 e. The fourth-order valence-electron chi connectivity index (χ4n) is 4.03. The number of anilines is 1. The van der Waals surface area contributed by atoms with Gasteiger partial charge >= 0.3 is 6.03 Å². The highest BCUT2D eigenvalue weighted by molar-refractivity contribution is 5.75. The van der Waals surface area contributed by atoms with Crippen molar-refractivity contribution in [3.63, 3.8) is 0 Å².